The van der Waals surface area contributed by atoms with Gasteiger partial charge in [-0.3, -0.25) is 14.7 Å². The number of aromatic amines is 1. The van der Waals surface area contributed by atoms with Gasteiger partial charge in [-0.25, -0.2) is 4.98 Å². The minimum Gasteiger partial charge on any atom is -0.306 e. The van der Waals surface area contributed by atoms with Crippen molar-refractivity contribution in [1.82, 2.24) is 19.9 Å². The van der Waals surface area contributed by atoms with E-state index in [2.05, 4.69) is 25.2 Å². The van der Waals surface area contributed by atoms with Crippen LogP contribution in [0.3, 0.4) is 0 Å². The minimum atomic E-state index is -4.40. The number of thiophene rings is 1. The van der Waals surface area contributed by atoms with Crippen molar-refractivity contribution < 1.29 is 13.2 Å². The zero-order chi connectivity index (χ0) is 23.0. The van der Waals surface area contributed by atoms with Crippen LogP contribution in [0.2, 0.25) is 0 Å². The molecule has 1 N–H and O–H groups in total. The summed E-state index contributed by atoms with van der Waals surface area (Å²) in [5, 5.41) is 4.08. The second-order valence-electron chi connectivity index (χ2n) is 7.94. The number of benzene rings is 1. The summed E-state index contributed by atoms with van der Waals surface area (Å²) in [5.41, 5.74) is 3.83. The number of hydrogen-bond donors (Lipinski definition) is 1. The van der Waals surface area contributed by atoms with E-state index < -0.39 is 11.7 Å². The normalized spacial score (nSPS) is 14.3. The molecular formula is C24H19F3N4OS. The van der Waals surface area contributed by atoms with Crippen LogP contribution in [-0.2, 0) is 25.7 Å². The predicted octanol–water partition coefficient (Wildman–Crippen LogP) is 5.14. The van der Waals surface area contributed by atoms with Crippen molar-refractivity contribution in [1.29, 1.82) is 0 Å². The van der Waals surface area contributed by atoms with Gasteiger partial charge in [-0.15, -0.1) is 0 Å². The van der Waals surface area contributed by atoms with Crippen LogP contribution >= 0.6 is 11.3 Å². The smallest absolute Gasteiger partial charge is 0.306 e. The molecule has 0 amide bonds. The average molecular weight is 469 g/mol. The highest BCUT2D eigenvalue weighted by atomic mass is 32.1. The van der Waals surface area contributed by atoms with Crippen molar-refractivity contribution in [2.45, 2.75) is 25.7 Å². The van der Waals surface area contributed by atoms with Crippen LogP contribution in [0.5, 0.6) is 0 Å². The van der Waals surface area contributed by atoms with Crippen molar-refractivity contribution in [2.75, 3.05) is 6.54 Å². The van der Waals surface area contributed by atoms with E-state index in [1.54, 1.807) is 11.3 Å². The van der Waals surface area contributed by atoms with E-state index in [1.807, 2.05) is 29.8 Å². The van der Waals surface area contributed by atoms with E-state index in [0.717, 1.165) is 35.5 Å². The number of rotatable bonds is 4. The van der Waals surface area contributed by atoms with Crippen LogP contribution in [0.15, 0.2) is 64.2 Å². The summed E-state index contributed by atoms with van der Waals surface area (Å²) in [6.07, 6.45) is -1.95. The van der Waals surface area contributed by atoms with E-state index in [-0.39, 0.29) is 11.4 Å². The Kier molecular flexibility index (Phi) is 5.59. The summed E-state index contributed by atoms with van der Waals surface area (Å²) in [6, 6.07) is 10.7. The second kappa shape index (κ2) is 8.57. The van der Waals surface area contributed by atoms with Gasteiger partial charge in [0.05, 0.1) is 22.5 Å². The molecule has 4 aromatic rings. The van der Waals surface area contributed by atoms with Gasteiger partial charge < -0.3 is 4.98 Å². The van der Waals surface area contributed by atoms with Crippen molar-refractivity contribution in [2.24, 2.45) is 0 Å². The van der Waals surface area contributed by atoms with E-state index in [9.17, 15) is 18.0 Å². The Labute approximate surface area is 191 Å². The third kappa shape index (κ3) is 4.60. The Morgan fingerprint density at radius 1 is 1.06 bits per heavy atom. The summed E-state index contributed by atoms with van der Waals surface area (Å²) in [7, 11) is 0. The monoisotopic (exact) mass is 468 g/mol. The van der Waals surface area contributed by atoms with Gasteiger partial charge in [0.25, 0.3) is 5.56 Å². The molecule has 1 aliphatic rings. The van der Waals surface area contributed by atoms with Crippen molar-refractivity contribution in [3.05, 3.63) is 92.2 Å². The molecule has 0 bridgehead atoms. The van der Waals surface area contributed by atoms with Gasteiger partial charge >= 0.3 is 6.18 Å². The second-order valence-corrected chi connectivity index (χ2v) is 8.72. The molecule has 9 heteroatoms. The fourth-order valence-corrected chi connectivity index (χ4v) is 4.58. The van der Waals surface area contributed by atoms with Crippen LogP contribution in [0, 0.1) is 0 Å². The fraction of sp³-hybridized carbons (Fsp3) is 0.208. The molecule has 0 saturated carbocycles. The highest BCUT2D eigenvalue weighted by Gasteiger charge is 2.30. The van der Waals surface area contributed by atoms with Crippen LogP contribution in [0.25, 0.3) is 22.6 Å². The summed E-state index contributed by atoms with van der Waals surface area (Å²) < 4.78 is 38.4. The van der Waals surface area contributed by atoms with Crippen LogP contribution in [0.1, 0.15) is 22.4 Å². The minimum absolute atomic E-state index is 0.259. The highest BCUT2D eigenvalue weighted by Crippen LogP contribution is 2.30. The molecule has 5 rings (SSSR count). The molecule has 0 saturated heterocycles. The Morgan fingerprint density at radius 3 is 2.55 bits per heavy atom. The zero-order valence-electron chi connectivity index (χ0n) is 17.4. The third-order valence-electron chi connectivity index (χ3n) is 5.68. The van der Waals surface area contributed by atoms with Gasteiger partial charge in [-0.05, 0) is 35.2 Å². The summed E-state index contributed by atoms with van der Waals surface area (Å²) >= 11 is 1.63. The number of nitrogens with one attached hydrogen (secondary N) is 1. The Balaban J connectivity index is 1.31. The van der Waals surface area contributed by atoms with Gasteiger partial charge in [0, 0.05) is 48.8 Å². The molecular weight excluding hydrogens is 449 g/mol. The van der Waals surface area contributed by atoms with Crippen molar-refractivity contribution in [3.8, 4) is 22.6 Å². The predicted molar refractivity (Wildman–Crippen MR) is 121 cm³/mol. The van der Waals surface area contributed by atoms with E-state index in [1.165, 1.54) is 12.1 Å². The van der Waals surface area contributed by atoms with Crippen molar-refractivity contribution >= 4 is 11.3 Å². The van der Waals surface area contributed by atoms with Gasteiger partial charge in [-0.2, -0.15) is 24.5 Å². The van der Waals surface area contributed by atoms with Gasteiger partial charge in [0.15, 0.2) is 0 Å². The molecule has 3 aromatic heterocycles. The topological polar surface area (TPSA) is 61.9 Å². The lowest BCUT2D eigenvalue weighted by Crippen LogP contribution is -2.35. The summed E-state index contributed by atoms with van der Waals surface area (Å²) in [4.78, 5) is 26.7. The maximum Gasteiger partial charge on any atom is 0.416 e. The van der Waals surface area contributed by atoms with E-state index in [4.69, 9.17) is 0 Å². The Hall–Kier alpha value is -3.30. The lowest BCUT2D eigenvalue weighted by molar-refractivity contribution is -0.137. The number of nitrogens with zero attached hydrogens (tertiary/aromatic N) is 3. The standard InChI is InChI=1S/C24H19F3N4OS/c25-24(26,27)18-4-2-16(3-5-18)22-29-21-7-9-31(13-19(21)23(32)30-22)12-15-1-6-20(28-11-15)17-8-10-33-14-17/h1-6,8,10-11,14H,7,9,12-13H2,(H,29,30,32). The molecule has 33 heavy (non-hydrogen) atoms. The SMILES string of the molecule is O=c1[nH]c(-c2ccc(C(F)(F)F)cc2)nc2c1CN(Cc1ccc(-c3ccsc3)nc1)CC2. The first-order valence-corrected chi connectivity index (χ1v) is 11.3. The number of H-pyrrole nitrogens is 1. The molecule has 5 nitrogen and oxygen atoms in total. The molecule has 1 aliphatic heterocycles. The number of aromatic nitrogens is 3. The first-order valence-electron chi connectivity index (χ1n) is 10.4. The van der Waals surface area contributed by atoms with Crippen LogP contribution in [0.4, 0.5) is 13.2 Å². The summed E-state index contributed by atoms with van der Waals surface area (Å²) in [5.74, 6) is 0.286. The average Bonchev–Trinajstić information content (AvgIpc) is 3.34. The molecule has 0 fully saturated rings. The first kappa shape index (κ1) is 21.5. The number of fused-ring (bicyclic) bond motifs is 1. The quantitative estimate of drug-likeness (QED) is 0.451. The lowest BCUT2D eigenvalue weighted by atomic mass is 10.1. The lowest BCUT2D eigenvalue weighted by Gasteiger charge is -2.27. The number of hydrogen-bond acceptors (Lipinski definition) is 5. The molecule has 0 unspecified atom stereocenters. The molecule has 4 heterocycles. The van der Waals surface area contributed by atoms with Crippen molar-refractivity contribution in [3.63, 3.8) is 0 Å². The molecule has 1 aromatic carbocycles. The summed E-state index contributed by atoms with van der Waals surface area (Å²) in [6.45, 7) is 1.84. The van der Waals surface area contributed by atoms with E-state index in [0.29, 0.717) is 36.3 Å². The van der Waals surface area contributed by atoms with Gasteiger partial charge in [0.2, 0.25) is 0 Å². The van der Waals surface area contributed by atoms with Crippen LogP contribution < -0.4 is 5.56 Å². The fourth-order valence-electron chi connectivity index (χ4n) is 3.93. The first-order chi connectivity index (χ1) is 15.9. The van der Waals surface area contributed by atoms with Gasteiger partial charge in [0.1, 0.15) is 5.82 Å². The van der Waals surface area contributed by atoms with E-state index >= 15 is 0 Å². The highest BCUT2D eigenvalue weighted by molar-refractivity contribution is 7.08. The Bertz CT molecular complexity index is 1310. The maximum absolute atomic E-state index is 12.8. The molecule has 0 aliphatic carbocycles. The molecule has 168 valence electrons. The number of halogens is 3. The maximum atomic E-state index is 12.8. The molecule has 0 atom stereocenters. The van der Waals surface area contributed by atoms with Gasteiger partial charge in [-0.1, -0.05) is 18.2 Å². The largest absolute Gasteiger partial charge is 0.416 e. The third-order valence-corrected chi connectivity index (χ3v) is 6.36. The zero-order valence-corrected chi connectivity index (χ0v) is 18.2. The molecule has 0 radical (unpaired) electrons. The van der Waals surface area contributed by atoms with Crippen LogP contribution in [-0.4, -0.2) is 26.4 Å². The molecule has 0 spiro atoms. The number of alkyl halides is 3. The number of pyridine rings is 1. The Morgan fingerprint density at radius 2 is 1.88 bits per heavy atom.